The second-order valence-corrected chi connectivity index (χ2v) is 6.53. The first-order valence-electron chi connectivity index (χ1n) is 7.52. The van der Waals surface area contributed by atoms with E-state index in [9.17, 15) is 9.59 Å². The van der Waals surface area contributed by atoms with Crippen LogP contribution in [-0.4, -0.2) is 31.7 Å². The van der Waals surface area contributed by atoms with E-state index < -0.39 is 0 Å². The molecule has 0 radical (unpaired) electrons. The van der Waals surface area contributed by atoms with Crippen LogP contribution in [0.25, 0.3) is 0 Å². The zero-order valence-corrected chi connectivity index (χ0v) is 14.8. The fourth-order valence-electron chi connectivity index (χ4n) is 2.03. The van der Waals surface area contributed by atoms with E-state index in [2.05, 4.69) is 10.6 Å². The summed E-state index contributed by atoms with van der Waals surface area (Å²) in [6.45, 7) is 1.47. The van der Waals surface area contributed by atoms with Crippen LogP contribution in [0.5, 0.6) is 0 Å². The summed E-state index contributed by atoms with van der Waals surface area (Å²) in [5, 5.41) is 5.59. The molecule has 0 aromatic heterocycles. The van der Waals surface area contributed by atoms with Crippen LogP contribution < -0.4 is 15.5 Å². The van der Waals surface area contributed by atoms with Crippen LogP contribution in [0.3, 0.4) is 0 Å². The second kappa shape index (κ2) is 8.40. The molecule has 0 spiro atoms. The van der Waals surface area contributed by atoms with Crippen molar-refractivity contribution in [3.8, 4) is 0 Å². The van der Waals surface area contributed by atoms with Gasteiger partial charge in [0, 0.05) is 43.0 Å². The summed E-state index contributed by atoms with van der Waals surface area (Å²) in [6.07, 6.45) is 0. The van der Waals surface area contributed by atoms with Crippen molar-refractivity contribution in [2.24, 2.45) is 0 Å². The predicted molar refractivity (Wildman–Crippen MR) is 101 cm³/mol. The highest BCUT2D eigenvalue weighted by Gasteiger charge is 2.05. The van der Waals surface area contributed by atoms with Gasteiger partial charge in [0.1, 0.15) is 0 Å². The van der Waals surface area contributed by atoms with Crippen molar-refractivity contribution in [3.05, 3.63) is 48.5 Å². The second-order valence-electron chi connectivity index (χ2n) is 5.48. The topological polar surface area (TPSA) is 61.4 Å². The molecule has 2 amide bonds. The standard InChI is InChI=1S/C18H21N3O2S/c1-13(22)19-14-6-10-17(11-7-14)24-12-18(23)20-15-4-8-16(9-5-15)21(2)3/h4-11H,12H2,1-3H3,(H,19,22)(H,20,23). The Labute approximate surface area is 146 Å². The molecule has 6 heteroatoms. The van der Waals surface area contributed by atoms with Crippen molar-refractivity contribution in [2.45, 2.75) is 11.8 Å². The third-order valence-electron chi connectivity index (χ3n) is 3.21. The van der Waals surface area contributed by atoms with Crippen molar-refractivity contribution in [1.29, 1.82) is 0 Å². The fourth-order valence-corrected chi connectivity index (χ4v) is 2.73. The summed E-state index contributed by atoms with van der Waals surface area (Å²) in [5.41, 5.74) is 2.62. The molecule has 0 aliphatic rings. The molecule has 126 valence electrons. The minimum absolute atomic E-state index is 0.0523. The lowest BCUT2D eigenvalue weighted by Gasteiger charge is -2.13. The number of carbonyl (C=O) groups is 2. The first-order valence-corrected chi connectivity index (χ1v) is 8.50. The number of thioether (sulfide) groups is 1. The monoisotopic (exact) mass is 343 g/mol. The summed E-state index contributed by atoms with van der Waals surface area (Å²) in [5.74, 6) is 0.174. The molecule has 2 rings (SSSR count). The van der Waals surface area contributed by atoms with Gasteiger partial charge in [0.05, 0.1) is 5.75 Å². The Balaban J connectivity index is 1.83. The van der Waals surface area contributed by atoms with Crippen LogP contribution in [0.15, 0.2) is 53.4 Å². The van der Waals surface area contributed by atoms with Gasteiger partial charge >= 0.3 is 0 Å². The van der Waals surface area contributed by atoms with Gasteiger partial charge in [-0.3, -0.25) is 9.59 Å². The van der Waals surface area contributed by atoms with Gasteiger partial charge in [-0.2, -0.15) is 0 Å². The third kappa shape index (κ3) is 5.62. The Kier molecular flexibility index (Phi) is 6.26. The zero-order valence-electron chi connectivity index (χ0n) is 14.0. The molecule has 2 aromatic rings. The van der Waals surface area contributed by atoms with Gasteiger partial charge in [0.25, 0.3) is 0 Å². The van der Waals surface area contributed by atoms with Crippen molar-refractivity contribution < 1.29 is 9.59 Å². The number of hydrogen-bond donors (Lipinski definition) is 2. The van der Waals surface area contributed by atoms with Crippen LogP contribution in [-0.2, 0) is 9.59 Å². The van der Waals surface area contributed by atoms with Crippen molar-refractivity contribution >= 4 is 40.6 Å². The Bertz CT molecular complexity index is 697. The van der Waals surface area contributed by atoms with E-state index in [4.69, 9.17) is 0 Å². The summed E-state index contributed by atoms with van der Waals surface area (Å²) in [4.78, 5) is 26.0. The van der Waals surface area contributed by atoms with Crippen molar-refractivity contribution in [1.82, 2.24) is 0 Å². The minimum atomic E-state index is -0.102. The molecule has 2 N–H and O–H groups in total. The molecule has 0 atom stereocenters. The lowest BCUT2D eigenvalue weighted by Crippen LogP contribution is -2.14. The average molecular weight is 343 g/mol. The van der Waals surface area contributed by atoms with Gasteiger partial charge in [-0.25, -0.2) is 0 Å². The molecule has 0 aliphatic carbocycles. The molecule has 0 heterocycles. The molecule has 2 aromatic carbocycles. The van der Waals surface area contributed by atoms with Crippen LogP contribution in [0.1, 0.15) is 6.92 Å². The largest absolute Gasteiger partial charge is 0.378 e. The highest BCUT2D eigenvalue weighted by atomic mass is 32.2. The van der Waals surface area contributed by atoms with Crippen LogP contribution in [0, 0.1) is 0 Å². The lowest BCUT2D eigenvalue weighted by molar-refractivity contribution is -0.114. The Morgan fingerprint density at radius 2 is 1.46 bits per heavy atom. The van der Waals surface area contributed by atoms with E-state index in [1.807, 2.05) is 67.5 Å². The van der Waals surface area contributed by atoms with Gasteiger partial charge in [0.2, 0.25) is 11.8 Å². The van der Waals surface area contributed by atoms with Crippen LogP contribution in [0.4, 0.5) is 17.1 Å². The van der Waals surface area contributed by atoms with E-state index >= 15 is 0 Å². The molecule has 0 bridgehead atoms. The maximum atomic E-state index is 12.0. The van der Waals surface area contributed by atoms with Gasteiger partial charge in [-0.05, 0) is 48.5 Å². The summed E-state index contributed by atoms with van der Waals surface area (Å²) < 4.78 is 0. The smallest absolute Gasteiger partial charge is 0.234 e. The van der Waals surface area contributed by atoms with Gasteiger partial charge in [0.15, 0.2) is 0 Å². The molecule has 5 nitrogen and oxygen atoms in total. The zero-order chi connectivity index (χ0) is 17.5. The molecular weight excluding hydrogens is 322 g/mol. The highest BCUT2D eigenvalue weighted by molar-refractivity contribution is 8.00. The molecule has 0 saturated heterocycles. The molecular formula is C18H21N3O2S. The predicted octanol–water partition coefficient (Wildman–Crippen LogP) is 3.44. The minimum Gasteiger partial charge on any atom is -0.378 e. The van der Waals surface area contributed by atoms with Crippen LogP contribution >= 0.6 is 11.8 Å². The normalized spacial score (nSPS) is 10.1. The molecule has 0 saturated carbocycles. The van der Waals surface area contributed by atoms with E-state index in [1.165, 1.54) is 18.7 Å². The summed E-state index contributed by atoms with van der Waals surface area (Å²) in [7, 11) is 3.95. The van der Waals surface area contributed by atoms with E-state index in [0.717, 1.165) is 22.0 Å². The maximum absolute atomic E-state index is 12.0. The summed E-state index contributed by atoms with van der Waals surface area (Å²) >= 11 is 1.45. The van der Waals surface area contributed by atoms with Gasteiger partial charge in [-0.15, -0.1) is 11.8 Å². The van der Waals surface area contributed by atoms with Gasteiger partial charge < -0.3 is 15.5 Å². The Hall–Kier alpha value is -2.47. The SMILES string of the molecule is CC(=O)Nc1ccc(SCC(=O)Nc2ccc(N(C)C)cc2)cc1. The number of amides is 2. The maximum Gasteiger partial charge on any atom is 0.234 e. The number of carbonyl (C=O) groups excluding carboxylic acids is 2. The van der Waals surface area contributed by atoms with Crippen LogP contribution in [0.2, 0.25) is 0 Å². The molecule has 0 unspecified atom stereocenters. The number of benzene rings is 2. The number of hydrogen-bond acceptors (Lipinski definition) is 4. The molecule has 0 fully saturated rings. The quantitative estimate of drug-likeness (QED) is 0.789. The highest BCUT2D eigenvalue weighted by Crippen LogP contribution is 2.21. The van der Waals surface area contributed by atoms with E-state index in [1.54, 1.807) is 0 Å². The first-order chi connectivity index (χ1) is 11.4. The fraction of sp³-hybridized carbons (Fsp3) is 0.222. The van der Waals surface area contributed by atoms with Crippen molar-refractivity contribution in [2.75, 3.05) is 35.4 Å². The third-order valence-corrected chi connectivity index (χ3v) is 4.22. The number of nitrogens with zero attached hydrogens (tertiary/aromatic N) is 1. The number of anilines is 3. The average Bonchev–Trinajstić information content (AvgIpc) is 2.54. The lowest BCUT2D eigenvalue weighted by atomic mass is 10.2. The van der Waals surface area contributed by atoms with E-state index in [0.29, 0.717) is 5.75 Å². The van der Waals surface area contributed by atoms with E-state index in [-0.39, 0.29) is 11.8 Å². The molecule has 24 heavy (non-hydrogen) atoms. The number of nitrogens with one attached hydrogen (secondary N) is 2. The summed E-state index contributed by atoms with van der Waals surface area (Å²) in [6, 6.07) is 15.1. The number of rotatable bonds is 6. The first kappa shape index (κ1) is 17.9. The Morgan fingerprint density at radius 1 is 0.917 bits per heavy atom. The Morgan fingerprint density at radius 3 is 2.00 bits per heavy atom. The van der Waals surface area contributed by atoms with Gasteiger partial charge in [-0.1, -0.05) is 0 Å². The van der Waals surface area contributed by atoms with Crippen molar-refractivity contribution in [3.63, 3.8) is 0 Å². The molecule has 0 aliphatic heterocycles.